The zero-order valence-corrected chi connectivity index (χ0v) is 32.0. The van der Waals surface area contributed by atoms with E-state index in [1.807, 2.05) is 84.9 Å². The van der Waals surface area contributed by atoms with E-state index < -0.39 is 53.7 Å². The van der Waals surface area contributed by atoms with Gasteiger partial charge in [-0.05, 0) is 69.9 Å². The van der Waals surface area contributed by atoms with E-state index in [1.165, 1.54) is 4.90 Å². The average molecular weight is 765 g/mol. The Bertz CT molecular complexity index is 2080. The van der Waals surface area contributed by atoms with Crippen LogP contribution < -0.4 is 24.8 Å². The smallest absolute Gasteiger partial charge is 0.408 e. The molecule has 2 aliphatic heterocycles. The highest BCUT2D eigenvalue weighted by atomic mass is 16.6. The number of carbonyl (C=O) groups excluding carboxylic acids is 3. The minimum absolute atomic E-state index is 0.0340. The summed E-state index contributed by atoms with van der Waals surface area (Å²) >= 11 is 0. The van der Waals surface area contributed by atoms with Gasteiger partial charge in [0.15, 0.2) is 0 Å². The maximum atomic E-state index is 14.7. The molecule has 4 atom stereocenters. The molecular formula is C43H48N4O9. The minimum atomic E-state index is -1.21. The van der Waals surface area contributed by atoms with Gasteiger partial charge in [-0.25, -0.2) is 14.6 Å². The van der Waals surface area contributed by atoms with Gasteiger partial charge in [0.1, 0.15) is 47.1 Å². The van der Waals surface area contributed by atoms with Gasteiger partial charge in [0.2, 0.25) is 11.8 Å². The van der Waals surface area contributed by atoms with Crippen molar-refractivity contribution in [3.63, 3.8) is 0 Å². The molecule has 3 aromatic carbocycles. The van der Waals surface area contributed by atoms with Crippen LogP contribution in [0.3, 0.4) is 0 Å². The van der Waals surface area contributed by atoms with Crippen LogP contribution in [0.2, 0.25) is 0 Å². The van der Waals surface area contributed by atoms with E-state index in [1.54, 1.807) is 33.9 Å². The van der Waals surface area contributed by atoms with Gasteiger partial charge in [-0.2, -0.15) is 0 Å². The Kier molecular flexibility index (Phi) is 12.4. The van der Waals surface area contributed by atoms with Crippen LogP contribution in [0.25, 0.3) is 22.2 Å². The molecule has 1 saturated heterocycles. The van der Waals surface area contributed by atoms with Crippen molar-refractivity contribution in [2.45, 2.75) is 82.7 Å². The van der Waals surface area contributed by atoms with Gasteiger partial charge in [0, 0.05) is 35.9 Å². The number of fused-ring (bicyclic) bond motifs is 4. The lowest BCUT2D eigenvalue weighted by molar-refractivity contribution is -0.144. The fourth-order valence-electron chi connectivity index (χ4n) is 6.83. The number of methoxy groups -OCH3 is 1. The number of hydrogen-bond donors (Lipinski definition) is 3. The maximum absolute atomic E-state index is 14.7. The van der Waals surface area contributed by atoms with E-state index in [2.05, 4.69) is 10.6 Å². The second-order valence-electron chi connectivity index (χ2n) is 14.9. The van der Waals surface area contributed by atoms with Crippen molar-refractivity contribution >= 4 is 34.8 Å². The number of nitrogens with zero attached hydrogens (tertiary/aromatic N) is 2. The number of hydrogen-bond acceptors (Lipinski definition) is 9. The molecule has 3 N–H and O–H groups in total. The highest BCUT2D eigenvalue weighted by Crippen LogP contribution is 2.35. The molecule has 13 heteroatoms. The number of aromatic nitrogens is 1. The molecule has 13 nitrogen and oxygen atoms in total. The van der Waals surface area contributed by atoms with Gasteiger partial charge in [0.25, 0.3) is 0 Å². The van der Waals surface area contributed by atoms with Gasteiger partial charge >= 0.3 is 12.1 Å². The quantitative estimate of drug-likeness (QED) is 0.196. The second-order valence-corrected chi connectivity index (χ2v) is 14.9. The van der Waals surface area contributed by atoms with Crippen LogP contribution in [0.1, 0.15) is 52.0 Å². The van der Waals surface area contributed by atoms with E-state index in [0.717, 1.165) is 5.56 Å². The zero-order chi connectivity index (χ0) is 39.8. The predicted molar refractivity (Wildman–Crippen MR) is 210 cm³/mol. The first kappa shape index (κ1) is 39.6. The number of alkyl carbamates (subject to hydrolysis) is 1. The maximum Gasteiger partial charge on any atom is 0.408 e. The number of carbonyl (C=O) groups is 4. The molecule has 4 aromatic rings. The summed E-state index contributed by atoms with van der Waals surface area (Å²) in [6.45, 7) is 5.50. The highest BCUT2D eigenvalue weighted by molar-refractivity contribution is 5.94. The van der Waals surface area contributed by atoms with E-state index in [4.69, 9.17) is 23.9 Å². The number of rotatable bonds is 6. The third kappa shape index (κ3) is 10.1. The lowest BCUT2D eigenvalue weighted by atomic mass is 10.0. The molecule has 294 valence electrons. The molecule has 0 radical (unpaired) electrons. The molecule has 1 fully saturated rings. The topological polar surface area (TPSA) is 166 Å². The van der Waals surface area contributed by atoms with Crippen molar-refractivity contribution in [2.75, 3.05) is 20.3 Å². The van der Waals surface area contributed by atoms with Crippen molar-refractivity contribution in [1.29, 1.82) is 0 Å². The molecule has 2 bridgehead atoms. The molecule has 6 rings (SSSR count). The Morgan fingerprint density at radius 2 is 1.77 bits per heavy atom. The summed E-state index contributed by atoms with van der Waals surface area (Å²) in [7, 11) is 1.58. The van der Waals surface area contributed by atoms with Crippen molar-refractivity contribution in [3.8, 4) is 28.5 Å². The van der Waals surface area contributed by atoms with E-state index in [-0.39, 0.29) is 25.8 Å². The summed E-state index contributed by atoms with van der Waals surface area (Å²) < 4.78 is 23.7. The summed E-state index contributed by atoms with van der Waals surface area (Å²) in [5, 5.41) is 16.2. The summed E-state index contributed by atoms with van der Waals surface area (Å²) in [4.78, 5) is 60.7. The molecule has 3 heterocycles. The van der Waals surface area contributed by atoms with Crippen molar-refractivity contribution in [3.05, 3.63) is 96.6 Å². The highest BCUT2D eigenvalue weighted by Gasteiger charge is 2.44. The standard InChI is InChI=1S/C43H48N4O9/c1-43(2,3)56-42(52)46-36-22-27-13-12-16-30(21-27)54-20-11-6-5-10-17-33(41(50)51)45-39(48)37-24-31(26-47(37)40(36)49)55-38-25-34(28-14-8-7-9-15-28)44-35-23-29(53-4)18-19-32(35)38/h5-9,12-16,18-19,21,23,25,31,33,36-37H,10-11,17,20,22,24,26H2,1-4H3,(H,45,48)(H,46,52)(H,50,51)/b6-5+/t31-,33-,36-,37+/m1/s1. The molecular weight excluding hydrogens is 716 g/mol. The first-order valence-electron chi connectivity index (χ1n) is 18.8. The van der Waals surface area contributed by atoms with Crippen molar-refractivity contribution < 1.29 is 43.2 Å². The fourth-order valence-corrected chi connectivity index (χ4v) is 6.83. The van der Waals surface area contributed by atoms with Gasteiger partial charge in [0.05, 0.1) is 31.5 Å². The van der Waals surface area contributed by atoms with Crippen LogP contribution in [0, 0.1) is 0 Å². The second kappa shape index (κ2) is 17.6. The third-order valence-electron chi connectivity index (χ3n) is 9.47. The molecule has 3 amide bonds. The number of aliphatic carboxylic acids is 1. The number of carboxylic acids is 1. The van der Waals surface area contributed by atoms with Gasteiger partial charge < -0.3 is 39.6 Å². The first-order valence-corrected chi connectivity index (χ1v) is 18.8. The van der Waals surface area contributed by atoms with Gasteiger partial charge in [-0.15, -0.1) is 0 Å². The summed E-state index contributed by atoms with van der Waals surface area (Å²) in [6, 6.07) is 20.7. The number of ether oxygens (including phenoxy) is 4. The third-order valence-corrected chi connectivity index (χ3v) is 9.47. The molecule has 1 aromatic heterocycles. The Morgan fingerprint density at radius 3 is 2.52 bits per heavy atom. The van der Waals surface area contributed by atoms with Crippen LogP contribution in [-0.4, -0.2) is 89.0 Å². The monoisotopic (exact) mass is 764 g/mol. The average Bonchev–Trinajstić information content (AvgIpc) is 3.59. The van der Waals surface area contributed by atoms with Crippen molar-refractivity contribution in [1.82, 2.24) is 20.5 Å². The fraction of sp³-hybridized carbons (Fsp3) is 0.372. The number of benzene rings is 3. The number of carboxylic acid groups (broad SMARTS) is 1. The number of amides is 3. The molecule has 0 spiro atoms. The summed E-state index contributed by atoms with van der Waals surface area (Å²) in [6.07, 6.45) is 3.50. The SMILES string of the molecule is COc1ccc2c(O[C@@H]3C[C@H]4C(=O)N[C@@H](C(=O)O)CC/C=C/CCOc5cccc(c5)C[C@@H](NC(=O)OC(C)(C)C)C(=O)N4C3)cc(-c3ccccc3)nc2c1. The van der Waals surface area contributed by atoms with E-state index in [0.29, 0.717) is 58.9 Å². The van der Waals surface area contributed by atoms with Gasteiger partial charge in [-0.3, -0.25) is 9.59 Å². The molecule has 0 aliphatic carbocycles. The first-order chi connectivity index (χ1) is 26.9. The van der Waals surface area contributed by atoms with Crippen LogP contribution in [0.15, 0.2) is 91.0 Å². The normalized spacial score (nSPS) is 21.4. The Morgan fingerprint density at radius 1 is 0.982 bits per heavy atom. The Balaban J connectivity index is 1.38. The largest absolute Gasteiger partial charge is 0.497 e. The van der Waals surface area contributed by atoms with Crippen LogP contribution in [0.4, 0.5) is 4.79 Å². The van der Waals surface area contributed by atoms with E-state index in [9.17, 15) is 24.3 Å². The van der Waals surface area contributed by atoms with Crippen LogP contribution in [0.5, 0.6) is 17.2 Å². The van der Waals surface area contributed by atoms with Gasteiger partial charge in [-0.1, -0.05) is 54.6 Å². The molecule has 0 saturated carbocycles. The lowest BCUT2D eigenvalue weighted by Crippen LogP contribution is -2.56. The van der Waals surface area contributed by atoms with E-state index >= 15 is 0 Å². The van der Waals surface area contributed by atoms with Crippen molar-refractivity contribution in [2.24, 2.45) is 0 Å². The minimum Gasteiger partial charge on any atom is -0.497 e. The van der Waals surface area contributed by atoms with Crippen LogP contribution in [-0.2, 0) is 25.5 Å². The number of allylic oxidation sites excluding steroid dienone is 1. The number of nitrogens with one attached hydrogen (secondary N) is 2. The lowest BCUT2D eigenvalue weighted by Gasteiger charge is -2.30. The summed E-state index contributed by atoms with van der Waals surface area (Å²) in [5.74, 6) is -0.697. The summed E-state index contributed by atoms with van der Waals surface area (Å²) in [5.41, 5.74) is 1.99. The molecule has 56 heavy (non-hydrogen) atoms. The Hall–Kier alpha value is -6.11. The zero-order valence-electron chi connectivity index (χ0n) is 32.0. The number of pyridine rings is 1. The van der Waals surface area contributed by atoms with Crippen LogP contribution >= 0.6 is 0 Å². The molecule has 0 unspecified atom stereocenters. The predicted octanol–water partition coefficient (Wildman–Crippen LogP) is 6.08. The molecule has 2 aliphatic rings. The Labute approximate surface area is 326 Å².